The van der Waals surface area contributed by atoms with Gasteiger partial charge in [0.05, 0.1) is 10.0 Å². The lowest BCUT2D eigenvalue weighted by Crippen LogP contribution is -2.35. The predicted octanol–water partition coefficient (Wildman–Crippen LogP) is 3.38. The van der Waals surface area contributed by atoms with Crippen LogP contribution in [0.3, 0.4) is 0 Å². The van der Waals surface area contributed by atoms with Crippen LogP contribution in [-0.4, -0.2) is 16.0 Å². The van der Waals surface area contributed by atoms with E-state index >= 15 is 0 Å². The first kappa shape index (κ1) is 14.2. The zero-order chi connectivity index (χ0) is 14.4. The van der Waals surface area contributed by atoms with Crippen molar-refractivity contribution in [3.8, 4) is 0 Å². The summed E-state index contributed by atoms with van der Waals surface area (Å²) in [4.78, 5) is 23.7. The number of carbonyl (C=O) groups excluding carboxylic acids is 2. The van der Waals surface area contributed by atoms with Gasteiger partial charge in [0, 0.05) is 12.5 Å². The Balaban J connectivity index is 2.68. The zero-order valence-corrected chi connectivity index (χ0v) is 12.6. The van der Waals surface area contributed by atoms with Crippen molar-refractivity contribution in [1.82, 2.24) is 0 Å². The van der Waals surface area contributed by atoms with Crippen molar-refractivity contribution in [2.45, 2.75) is 37.9 Å². The molecule has 0 heterocycles. The highest BCUT2D eigenvalue weighted by Gasteiger charge is 2.39. The Labute approximate surface area is 119 Å². The molecule has 3 nitrogen and oxygen atoms in total. The summed E-state index contributed by atoms with van der Waals surface area (Å²) >= 11 is 3.42. The first-order chi connectivity index (χ1) is 8.74. The topological polar surface area (TPSA) is 46.2 Å². The van der Waals surface area contributed by atoms with Gasteiger partial charge in [0.1, 0.15) is 5.82 Å². The van der Waals surface area contributed by atoms with Crippen molar-refractivity contribution in [1.29, 1.82) is 0 Å². The minimum atomic E-state index is -0.655. The van der Waals surface area contributed by atoms with E-state index in [1.54, 1.807) is 13.8 Å². The molecule has 1 aliphatic carbocycles. The van der Waals surface area contributed by atoms with Gasteiger partial charge in [0.15, 0.2) is 5.78 Å². The monoisotopic (exact) mass is 327 g/mol. The maximum Gasteiger partial charge on any atom is 0.221 e. The number of rotatable bonds is 1. The van der Waals surface area contributed by atoms with E-state index in [0.29, 0.717) is 29.5 Å². The molecule has 5 heteroatoms. The molecule has 0 saturated heterocycles. The highest BCUT2D eigenvalue weighted by molar-refractivity contribution is 9.10. The summed E-state index contributed by atoms with van der Waals surface area (Å²) in [6.07, 6.45) is 1.22. The van der Waals surface area contributed by atoms with E-state index in [1.807, 2.05) is 0 Å². The molecular weight excluding hydrogens is 313 g/mol. The average Bonchev–Trinajstić information content (AvgIpc) is 2.28. The Bertz CT molecular complexity index is 581. The van der Waals surface area contributed by atoms with Crippen LogP contribution in [-0.2, 0) is 11.2 Å². The van der Waals surface area contributed by atoms with Gasteiger partial charge in [-0.05, 0) is 43.9 Å². The lowest BCUT2D eigenvalue weighted by atomic mass is 9.80. The molecule has 0 radical (unpaired) electrons. The fourth-order valence-electron chi connectivity index (χ4n) is 2.40. The fraction of sp³-hybridized carbons (Fsp3) is 0.429. The summed E-state index contributed by atoms with van der Waals surface area (Å²) < 4.78 is 13.2. The van der Waals surface area contributed by atoms with E-state index in [-0.39, 0.29) is 17.4 Å². The van der Waals surface area contributed by atoms with Crippen molar-refractivity contribution in [2.24, 2.45) is 0 Å². The largest absolute Gasteiger partial charge is 0.326 e. The van der Waals surface area contributed by atoms with Gasteiger partial charge in [-0.2, -0.15) is 0 Å². The molecule has 1 atom stereocenters. The summed E-state index contributed by atoms with van der Waals surface area (Å²) in [5.41, 5.74) is 1.88. The van der Waals surface area contributed by atoms with Crippen LogP contribution >= 0.6 is 15.9 Å². The minimum absolute atomic E-state index is 0.111. The molecule has 1 aromatic rings. The number of halogens is 2. The Hall–Kier alpha value is -1.23. The number of alkyl halides is 1. The van der Waals surface area contributed by atoms with Gasteiger partial charge in [0.25, 0.3) is 0 Å². The standard InChI is InChI=1S/C14H15BrFNO2/c1-7-9-4-5-14(3,15)13(19)12(9)11(6-10(7)16)17-8(2)18/h6H,4-5H2,1-3H3,(H,17,18). The summed E-state index contributed by atoms with van der Waals surface area (Å²) in [6.45, 7) is 4.80. The van der Waals surface area contributed by atoms with Gasteiger partial charge in [-0.1, -0.05) is 15.9 Å². The van der Waals surface area contributed by atoms with Crippen molar-refractivity contribution in [3.63, 3.8) is 0 Å². The summed E-state index contributed by atoms with van der Waals surface area (Å²) in [5.74, 6) is -0.825. The van der Waals surface area contributed by atoms with E-state index in [1.165, 1.54) is 13.0 Å². The Morgan fingerprint density at radius 1 is 1.53 bits per heavy atom. The molecule has 1 unspecified atom stereocenters. The third-order valence-corrected chi connectivity index (χ3v) is 4.27. The summed E-state index contributed by atoms with van der Waals surface area (Å²) in [7, 11) is 0. The lowest BCUT2D eigenvalue weighted by molar-refractivity contribution is -0.114. The number of Topliss-reactive ketones (excluding diaryl/α,β-unsaturated/α-hetero) is 1. The summed E-state index contributed by atoms with van der Waals surface area (Å²) in [6, 6.07) is 1.22. The van der Waals surface area contributed by atoms with Crippen molar-refractivity contribution in [3.05, 3.63) is 28.6 Å². The molecule has 0 spiro atoms. The maximum absolute atomic E-state index is 13.9. The molecule has 1 amide bonds. The van der Waals surface area contributed by atoms with E-state index in [2.05, 4.69) is 21.2 Å². The van der Waals surface area contributed by atoms with Crippen LogP contribution in [0.25, 0.3) is 0 Å². The van der Waals surface area contributed by atoms with E-state index < -0.39 is 10.1 Å². The number of fused-ring (bicyclic) bond motifs is 1. The zero-order valence-electron chi connectivity index (χ0n) is 11.1. The maximum atomic E-state index is 13.9. The number of hydrogen-bond acceptors (Lipinski definition) is 2. The third-order valence-electron chi connectivity index (χ3n) is 3.51. The number of anilines is 1. The van der Waals surface area contributed by atoms with E-state index in [4.69, 9.17) is 0 Å². The molecule has 2 rings (SSSR count). The van der Waals surface area contributed by atoms with Gasteiger partial charge in [-0.15, -0.1) is 0 Å². The minimum Gasteiger partial charge on any atom is -0.326 e. The molecule has 1 aliphatic rings. The molecule has 0 bridgehead atoms. The van der Waals surface area contributed by atoms with Crippen LogP contribution in [0.15, 0.2) is 6.07 Å². The van der Waals surface area contributed by atoms with Gasteiger partial charge in [-0.25, -0.2) is 4.39 Å². The Morgan fingerprint density at radius 2 is 2.16 bits per heavy atom. The predicted molar refractivity (Wildman–Crippen MR) is 75.4 cm³/mol. The van der Waals surface area contributed by atoms with Crippen molar-refractivity contribution >= 4 is 33.3 Å². The molecule has 1 N–H and O–H groups in total. The van der Waals surface area contributed by atoms with E-state index in [0.717, 1.165) is 0 Å². The second-order valence-corrected chi connectivity index (χ2v) is 6.84. The number of benzene rings is 1. The number of carbonyl (C=O) groups is 2. The second kappa shape index (κ2) is 4.71. The van der Waals surface area contributed by atoms with Gasteiger partial charge >= 0.3 is 0 Å². The highest BCUT2D eigenvalue weighted by Crippen LogP contribution is 2.40. The molecule has 102 valence electrons. The molecule has 19 heavy (non-hydrogen) atoms. The number of amides is 1. The smallest absolute Gasteiger partial charge is 0.221 e. The first-order valence-corrected chi connectivity index (χ1v) is 6.86. The van der Waals surface area contributed by atoms with Gasteiger partial charge < -0.3 is 5.32 Å². The molecule has 0 saturated carbocycles. The normalized spacial score (nSPS) is 22.1. The van der Waals surface area contributed by atoms with Crippen molar-refractivity contribution in [2.75, 3.05) is 5.32 Å². The van der Waals surface area contributed by atoms with E-state index in [9.17, 15) is 14.0 Å². The Morgan fingerprint density at radius 3 is 2.74 bits per heavy atom. The number of ketones is 1. The number of nitrogens with one attached hydrogen (secondary N) is 1. The molecule has 0 fully saturated rings. The lowest BCUT2D eigenvalue weighted by Gasteiger charge is -2.30. The highest BCUT2D eigenvalue weighted by atomic mass is 79.9. The first-order valence-electron chi connectivity index (χ1n) is 6.07. The van der Waals surface area contributed by atoms with Crippen LogP contribution in [0.2, 0.25) is 0 Å². The second-order valence-electron chi connectivity index (χ2n) is 5.09. The average molecular weight is 328 g/mol. The Kier molecular flexibility index (Phi) is 3.51. The van der Waals surface area contributed by atoms with Crippen LogP contribution in [0.5, 0.6) is 0 Å². The molecule has 0 aromatic heterocycles. The van der Waals surface area contributed by atoms with Crippen molar-refractivity contribution < 1.29 is 14.0 Å². The van der Waals surface area contributed by atoms with Crippen LogP contribution in [0.1, 0.15) is 41.8 Å². The molecular formula is C14H15BrFNO2. The summed E-state index contributed by atoms with van der Waals surface area (Å²) in [5, 5.41) is 2.55. The molecule has 0 aliphatic heterocycles. The molecule has 1 aromatic carbocycles. The van der Waals surface area contributed by atoms with Crippen LogP contribution in [0.4, 0.5) is 10.1 Å². The number of hydrogen-bond donors (Lipinski definition) is 1. The SMILES string of the molecule is CC(=O)Nc1cc(F)c(C)c2c1C(=O)C(C)(Br)CC2. The third kappa shape index (κ3) is 2.43. The fourth-order valence-corrected chi connectivity index (χ4v) is 2.79. The quantitative estimate of drug-likeness (QED) is 0.804. The van der Waals surface area contributed by atoms with Crippen LogP contribution < -0.4 is 5.32 Å². The van der Waals surface area contributed by atoms with Crippen LogP contribution in [0, 0.1) is 12.7 Å². The van der Waals surface area contributed by atoms with Gasteiger partial charge in [0.2, 0.25) is 5.91 Å². The van der Waals surface area contributed by atoms with Gasteiger partial charge in [-0.3, -0.25) is 9.59 Å².